The van der Waals surface area contributed by atoms with Gasteiger partial charge in [-0.2, -0.15) is 0 Å². The average molecular weight is 349 g/mol. The van der Waals surface area contributed by atoms with Gasteiger partial charge in [-0.25, -0.2) is 4.98 Å². The molecule has 1 heterocycles. The third-order valence-corrected chi connectivity index (χ3v) is 3.25. The number of aromatic nitrogens is 1. The quantitative estimate of drug-likeness (QED) is 0.848. The molecule has 0 saturated heterocycles. The maximum absolute atomic E-state index is 5.98. The van der Waals surface area contributed by atoms with Crippen molar-refractivity contribution in [3.63, 3.8) is 0 Å². The van der Waals surface area contributed by atoms with Gasteiger partial charge < -0.3 is 10.5 Å². The number of ether oxygens (including phenoxy) is 1. The first-order valence-corrected chi connectivity index (χ1v) is 6.10. The number of fused-ring (bicyclic) bond motifs is 1. The number of nitrogens with zero attached hydrogens (tertiary/aromatic N) is 1. The Morgan fingerprint density at radius 1 is 1.44 bits per heavy atom. The Hall–Kier alpha value is -0.590. The lowest BCUT2D eigenvalue weighted by Crippen LogP contribution is -1.98. The van der Waals surface area contributed by atoms with Crippen molar-refractivity contribution in [3.8, 4) is 0 Å². The first-order valence-electron chi connectivity index (χ1n) is 4.65. The third kappa shape index (κ3) is 2.23. The van der Waals surface area contributed by atoms with E-state index in [9.17, 15) is 0 Å². The molecule has 2 aromatic rings. The molecule has 0 amide bonds. The van der Waals surface area contributed by atoms with Crippen molar-refractivity contribution in [3.05, 3.63) is 32.5 Å². The summed E-state index contributed by atoms with van der Waals surface area (Å²) in [5, 5.41) is 1.56. The molecule has 2 rings (SSSR count). The molecule has 5 heteroatoms. The molecule has 0 fully saturated rings. The highest BCUT2D eigenvalue weighted by atomic mass is 127. The number of hydrogen-bond acceptors (Lipinski definition) is 3. The monoisotopic (exact) mass is 348 g/mol. The third-order valence-electron chi connectivity index (χ3n) is 2.21. The number of nitrogen functional groups attached to an aromatic ring is 1. The van der Waals surface area contributed by atoms with Gasteiger partial charge in [0.15, 0.2) is 0 Å². The predicted octanol–water partition coefficient (Wildman–Crippen LogP) is 3.22. The highest BCUT2D eigenvalue weighted by Gasteiger charge is 2.07. The molecule has 0 radical (unpaired) electrons. The minimum absolute atomic E-state index is 0.457. The second-order valence-electron chi connectivity index (χ2n) is 3.42. The molecule has 0 atom stereocenters. The average Bonchev–Trinajstić information content (AvgIpc) is 2.20. The second-order valence-corrected chi connectivity index (χ2v) is 5.02. The van der Waals surface area contributed by atoms with Crippen LogP contribution in [0.1, 0.15) is 5.69 Å². The zero-order valence-corrected chi connectivity index (χ0v) is 11.5. The van der Waals surface area contributed by atoms with E-state index in [4.69, 9.17) is 22.1 Å². The molecule has 0 aliphatic heterocycles. The Morgan fingerprint density at radius 3 is 2.88 bits per heavy atom. The van der Waals surface area contributed by atoms with Crippen LogP contribution in [-0.2, 0) is 11.3 Å². The van der Waals surface area contributed by atoms with E-state index >= 15 is 0 Å². The van der Waals surface area contributed by atoms with Gasteiger partial charge >= 0.3 is 0 Å². The van der Waals surface area contributed by atoms with Crippen LogP contribution in [0.15, 0.2) is 18.2 Å². The summed E-state index contributed by atoms with van der Waals surface area (Å²) in [5.41, 5.74) is 8.34. The number of anilines is 1. The maximum atomic E-state index is 5.98. The van der Waals surface area contributed by atoms with E-state index in [0.29, 0.717) is 17.3 Å². The number of rotatable bonds is 2. The lowest BCUT2D eigenvalue weighted by atomic mass is 10.1. The zero-order valence-electron chi connectivity index (χ0n) is 8.63. The Bertz CT molecular complexity index is 545. The van der Waals surface area contributed by atoms with Crippen LogP contribution in [0.2, 0.25) is 5.02 Å². The van der Waals surface area contributed by atoms with Crippen LogP contribution in [0, 0.1) is 3.57 Å². The van der Waals surface area contributed by atoms with E-state index in [0.717, 1.165) is 20.2 Å². The van der Waals surface area contributed by atoms with Gasteiger partial charge in [0, 0.05) is 26.8 Å². The molecular weight excluding hydrogens is 338 g/mol. The number of nitrogens with two attached hydrogens (primary N) is 1. The molecule has 0 spiro atoms. The molecule has 0 aliphatic carbocycles. The van der Waals surface area contributed by atoms with Crippen molar-refractivity contribution in [2.24, 2.45) is 0 Å². The second kappa shape index (κ2) is 4.73. The molecule has 0 saturated carbocycles. The Kier molecular flexibility index (Phi) is 3.51. The number of halogens is 2. The zero-order chi connectivity index (χ0) is 11.7. The van der Waals surface area contributed by atoms with Crippen LogP contribution in [-0.4, -0.2) is 12.1 Å². The van der Waals surface area contributed by atoms with Gasteiger partial charge in [0.25, 0.3) is 0 Å². The summed E-state index contributed by atoms with van der Waals surface area (Å²) in [5.74, 6) is 0. The van der Waals surface area contributed by atoms with E-state index < -0.39 is 0 Å². The smallest absolute Gasteiger partial charge is 0.0885 e. The summed E-state index contributed by atoms with van der Waals surface area (Å²) in [4.78, 5) is 4.50. The number of benzene rings is 1. The van der Waals surface area contributed by atoms with Gasteiger partial charge in [-0.1, -0.05) is 11.6 Å². The molecule has 16 heavy (non-hydrogen) atoms. The van der Waals surface area contributed by atoms with E-state index in [1.807, 2.05) is 18.2 Å². The van der Waals surface area contributed by atoms with Crippen LogP contribution in [0.3, 0.4) is 0 Å². The normalized spacial score (nSPS) is 10.9. The topological polar surface area (TPSA) is 48.1 Å². The van der Waals surface area contributed by atoms with Gasteiger partial charge in [0.1, 0.15) is 0 Å². The van der Waals surface area contributed by atoms with Crippen LogP contribution >= 0.6 is 34.2 Å². The lowest BCUT2D eigenvalue weighted by molar-refractivity contribution is 0.182. The molecular formula is C11H10ClIN2O. The van der Waals surface area contributed by atoms with Gasteiger partial charge in [0.05, 0.1) is 17.8 Å². The van der Waals surface area contributed by atoms with Gasteiger partial charge in [-0.15, -0.1) is 0 Å². The van der Waals surface area contributed by atoms with E-state index in [2.05, 4.69) is 27.6 Å². The van der Waals surface area contributed by atoms with Crippen molar-refractivity contribution in [2.75, 3.05) is 12.8 Å². The summed E-state index contributed by atoms with van der Waals surface area (Å²) in [6.07, 6.45) is 0. The fourth-order valence-corrected chi connectivity index (χ4v) is 2.70. The summed E-state index contributed by atoms with van der Waals surface area (Å²) in [6, 6.07) is 5.52. The fraction of sp³-hybridized carbons (Fsp3) is 0.182. The van der Waals surface area contributed by atoms with Gasteiger partial charge in [-0.3, -0.25) is 0 Å². The Morgan fingerprint density at radius 2 is 2.19 bits per heavy atom. The molecule has 3 nitrogen and oxygen atoms in total. The Labute approximate surface area is 112 Å². The van der Waals surface area contributed by atoms with Crippen molar-refractivity contribution >= 4 is 50.8 Å². The first kappa shape index (κ1) is 11.9. The summed E-state index contributed by atoms with van der Waals surface area (Å²) >= 11 is 8.19. The first-order chi connectivity index (χ1) is 7.61. The van der Waals surface area contributed by atoms with Crippen molar-refractivity contribution < 1.29 is 4.74 Å². The summed E-state index contributed by atoms with van der Waals surface area (Å²) in [7, 11) is 1.63. The van der Waals surface area contributed by atoms with Gasteiger partial charge in [-0.05, 0) is 40.8 Å². The summed E-state index contributed by atoms with van der Waals surface area (Å²) in [6.45, 7) is 0.457. The van der Waals surface area contributed by atoms with Crippen molar-refractivity contribution in [2.45, 2.75) is 6.61 Å². The standard InChI is InChI=1S/C11H10ClIN2O/c1-16-5-7-4-10(14)8-2-6(12)3-9(13)11(8)15-7/h2-4H,5H2,1H3,(H2,14,15). The maximum Gasteiger partial charge on any atom is 0.0885 e. The highest BCUT2D eigenvalue weighted by molar-refractivity contribution is 14.1. The Balaban J connectivity index is 2.71. The minimum atomic E-state index is 0.457. The molecule has 0 unspecified atom stereocenters. The summed E-state index contributed by atoms with van der Waals surface area (Å²) < 4.78 is 6.04. The molecule has 1 aromatic heterocycles. The number of methoxy groups -OCH3 is 1. The SMILES string of the molecule is COCc1cc(N)c2cc(Cl)cc(I)c2n1. The lowest BCUT2D eigenvalue weighted by Gasteiger charge is -2.07. The molecule has 84 valence electrons. The largest absolute Gasteiger partial charge is 0.398 e. The van der Waals surface area contributed by atoms with E-state index in [-0.39, 0.29) is 0 Å². The van der Waals surface area contributed by atoms with Crippen LogP contribution in [0.4, 0.5) is 5.69 Å². The number of pyridine rings is 1. The van der Waals surface area contributed by atoms with Crippen molar-refractivity contribution in [1.29, 1.82) is 0 Å². The van der Waals surface area contributed by atoms with Crippen molar-refractivity contribution in [1.82, 2.24) is 4.98 Å². The fourth-order valence-electron chi connectivity index (χ4n) is 1.55. The van der Waals surface area contributed by atoms with Crippen LogP contribution in [0.25, 0.3) is 10.9 Å². The predicted molar refractivity (Wildman–Crippen MR) is 74.6 cm³/mol. The molecule has 2 N–H and O–H groups in total. The van der Waals surface area contributed by atoms with E-state index in [1.54, 1.807) is 7.11 Å². The minimum Gasteiger partial charge on any atom is -0.398 e. The van der Waals surface area contributed by atoms with Crippen LogP contribution < -0.4 is 5.73 Å². The highest BCUT2D eigenvalue weighted by Crippen LogP contribution is 2.28. The molecule has 1 aromatic carbocycles. The van der Waals surface area contributed by atoms with Crippen LogP contribution in [0.5, 0.6) is 0 Å². The molecule has 0 bridgehead atoms. The molecule has 0 aliphatic rings. The number of hydrogen-bond donors (Lipinski definition) is 1. The van der Waals surface area contributed by atoms with E-state index in [1.165, 1.54) is 0 Å². The van der Waals surface area contributed by atoms with Gasteiger partial charge in [0.2, 0.25) is 0 Å².